The molecule has 1 aliphatic rings. The lowest BCUT2D eigenvalue weighted by atomic mass is 10.0. The highest BCUT2D eigenvalue weighted by Gasteiger charge is 2.32. The summed E-state index contributed by atoms with van der Waals surface area (Å²) in [5.41, 5.74) is 0. The van der Waals surface area contributed by atoms with Gasteiger partial charge in [0.1, 0.15) is 11.6 Å². The molecule has 2 aromatic rings. The summed E-state index contributed by atoms with van der Waals surface area (Å²) in [7, 11) is 0. The molecule has 2 heterocycles. The topological polar surface area (TPSA) is 56.6 Å². The van der Waals surface area contributed by atoms with Crippen LogP contribution in [-0.4, -0.2) is 34.4 Å². The van der Waals surface area contributed by atoms with Crippen LogP contribution in [0.3, 0.4) is 0 Å². The Morgan fingerprint density at radius 2 is 2.21 bits per heavy atom. The third-order valence-electron chi connectivity index (χ3n) is 4.07. The number of aromatic nitrogens is 1. The maximum absolute atomic E-state index is 9.68. The first kappa shape index (κ1) is 12.2. The Bertz CT molecular complexity index is 600. The first-order valence-electron chi connectivity index (χ1n) is 6.66. The van der Waals surface area contributed by atoms with Crippen LogP contribution in [-0.2, 0) is 0 Å². The van der Waals surface area contributed by atoms with Crippen LogP contribution in [0.5, 0.6) is 5.75 Å². The van der Waals surface area contributed by atoms with Gasteiger partial charge in [0.25, 0.3) is 0 Å². The maximum Gasteiger partial charge on any atom is 0.136 e. The van der Waals surface area contributed by atoms with Crippen molar-refractivity contribution in [3.05, 3.63) is 30.5 Å². The Kier molecular flexibility index (Phi) is 3.03. The zero-order valence-corrected chi connectivity index (χ0v) is 11.0. The number of phenols is 1. The van der Waals surface area contributed by atoms with E-state index in [1.54, 1.807) is 18.3 Å². The van der Waals surface area contributed by atoms with Crippen molar-refractivity contribution in [3.63, 3.8) is 0 Å². The van der Waals surface area contributed by atoms with Gasteiger partial charge in [-0.05, 0) is 35.9 Å². The molecule has 1 fully saturated rings. The summed E-state index contributed by atoms with van der Waals surface area (Å²) >= 11 is 0. The number of fused-ring (bicyclic) bond motifs is 1. The molecule has 3 rings (SSSR count). The van der Waals surface area contributed by atoms with Crippen molar-refractivity contribution in [1.29, 1.82) is 0 Å². The molecule has 2 atom stereocenters. The molecular formula is C15H18N2O2. The van der Waals surface area contributed by atoms with Crippen LogP contribution in [0.25, 0.3) is 10.8 Å². The van der Waals surface area contributed by atoms with E-state index in [1.807, 2.05) is 12.1 Å². The van der Waals surface area contributed by atoms with Crippen LogP contribution >= 0.6 is 0 Å². The summed E-state index contributed by atoms with van der Waals surface area (Å²) < 4.78 is 0. The third-order valence-corrected chi connectivity index (χ3v) is 4.07. The van der Waals surface area contributed by atoms with E-state index in [4.69, 9.17) is 0 Å². The lowest BCUT2D eigenvalue weighted by Gasteiger charge is -2.27. The minimum Gasteiger partial charge on any atom is -0.508 e. The minimum atomic E-state index is 0.112. The number of anilines is 1. The van der Waals surface area contributed by atoms with E-state index in [2.05, 4.69) is 16.8 Å². The molecule has 1 aromatic heterocycles. The number of nitrogens with zero attached hydrogens (tertiary/aromatic N) is 2. The largest absolute Gasteiger partial charge is 0.508 e. The molecule has 0 aliphatic carbocycles. The molecule has 1 saturated heterocycles. The van der Waals surface area contributed by atoms with Crippen molar-refractivity contribution in [3.8, 4) is 5.75 Å². The molecular weight excluding hydrogens is 240 g/mol. The number of pyridine rings is 1. The predicted molar refractivity (Wildman–Crippen MR) is 75.4 cm³/mol. The Morgan fingerprint density at radius 3 is 3.00 bits per heavy atom. The SMILES string of the molecule is CC1CCN(c2nccc3ccc(O)cc23)C1CO. The molecule has 19 heavy (non-hydrogen) atoms. The molecule has 1 aliphatic heterocycles. The summed E-state index contributed by atoms with van der Waals surface area (Å²) in [5, 5.41) is 21.2. The molecule has 100 valence electrons. The molecule has 2 unspecified atom stereocenters. The summed E-state index contributed by atoms with van der Waals surface area (Å²) in [6, 6.07) is 7.37. The number of benzene rings is 1. The van der Waals surface area contributed by atoms with Gasteiger partial charge in [-0.1, -0.05) is 13.0 Å². The van der Waals surface area contributed by atoms with Crippen molar-refractivity contribution in [2.75, 3.05) is 18.1 Å². The van der Waals surface area contributed by atoms with Crippen LogP contribution in [0, 0.1) is 5.92 Å². The highest BCUT2D eigenvalue weighted by Crippen LogP contribution is 2.34. The van der Waals surface area contributed by atoms with Gasteiger partial charge in [0, 0.05) is 18.1 Å². The van der Waals surface area contributed by atoms with E-state index in [9.17, 15) is 10.2 Å². The number of hydrogen-bond acceptors (Lipinski definition) is 4. The highest BCUT2D eigenvalue weighted by atomic mass is 16.3. The summed E-state index contributed by atoms with van der Waals surface area (Å²) in [6.45, 7) is 3.19. The number of rotatable bonds is 2. The van der Waals surface area contributed by atoms with Crippen molar-refractivity contribution in [2.45, 2.75) is 19.4 Å². The van der Waals surface area contributed by atoms with Gasteiger partial charge in [-0.3, -0.25) is 0 Å². The summed E-state index contributed by atoms with van der Waals surface area (Å²) in [5.74, 6) is 1.56. The van der Waals surface area contributed by atoms with Crippen molar-refractivity contribution >= 4 is 16.6 Å². The summed E-state index contributed by atoms with van der Waals surface area (Å²) in [6.07, 6.45) is 2.84. The normalized spacial score (nSPS) is 23.2. The number of phenolic OH excluding ortho intramolecular Hbond substituents is 1. The molecule has 0 radical (unpaired) electrons. The third kappa shape index (κ3) is 2.02. The second-order valence-corrected chi connectivity index (χ2v) is 5.25. The van der Waals surface area contributed by atoms with E-state index in [-0.39, 0.29) is 18.4 Å². The van der Waals surface area contributed by atoms with Gasteiger partial charge in [-0.2, -0.15) is 0 Å². The van der Waals surface area contributed by atoms with Crippen molar-refractivity contribution in [2.24, 2.45) is 5.92 Å². The quantitative estimate of drug-likeness (QED) is 0.866. The fourth-order valence-electron chi connectivity index (χ4n) is 2.92. The molecule has 2 N–H and O–H groups in total. The zero-order chi connectivity index (χ0) is 13.4. The van der Waals surface area contributed by atoms with Crippen LogP contribution in [0.1, 0.15) is 13.3 Å². The van der Waals surface area contributed by atoms with E-state index >= 15 is 0 Å². The molecule has 0 bridgehead atoms. The van der Waals surface area contributed by atoms with Crippen molar-refractivity contribution in [1.82, 2.24) is 4.98 Å². The highest BCUT2D eigenvalue weighted by molar-refractivity contribution is 5.93. The monoisotopic (exact) mass is 258 g/mol. The Morgan fingerprint density at radius 1 is 1.37 bits per heavy atom. The van der Waals surface area contributed by atoms with E-state index < -0.39 is 0 Å². The van der Waals surface area contributed by atoms with Crippen LogP contribution < -0.4 is 4.90 Å². The second-order valence-electron chi connectivity index (χ2n) is 5.25. The molecule has 0 spiro atoms. The number of aliphatic hydroxyl groups is 1. The van der Waals surface area contributed by atoms with Gasteiger partial charge in [0.2, 0.25) is 0 Å². The predicted octanol–water partition coefficient (Wildman–Crippen LogP) is 2.15. The van der Waals surface area contributed by atoms with Gasteiger partial charge in [0.15, 0.2) is 0 Å². The van der Waals surface area contributed by atoms with Crippen molar-refractivity contribution < 1.29 is 10.2 Å². The smallest absolute Gasteiger partial charge is 0.136 e. The number of aliphatic hydroxyl groups excluding tert-OH is 1. The second kappa shape index (κ2) is 4.70. The molecule has 4 heteroatoms. The molecule has 0 saturated carbocycles. The van der Waals surface area contributed by atoms with Crippen LogP contribution in [0.2, 0.25) is 0 Å². The van der Waals surface area contributed by atoms with Gasteiger partial charge in [-0.25, -0.2) is 4.98 Å². The first-order valence-corrected chi connectivity index (χ1v) is 6.66. The van der Waals surface area contributed by atoms with Crippen LogP contribution in [0.4, 0.5) is 5.82 Å². The Hall–Kier alpha value is -1.81. The standard InChI is InChI=1S/C15H18N2O2/c1-10-5-7-17(14(10)9-18)15-13-8-12(19)3-2-11(13)4-6-16-15/h2-4,6,8,10,14,18-19H,5,7,9H2,1H3. The Balaban J connectivity index is 2.12. The minimum absolute atomic E-state index is 0.112. The van der Waals surface area contributed by atoms with E-state index in [1.165, 1.54) is 0 Å². The van der Waals surface area contributed by atoms with E-state index in [0.717, 1.165) is 29.6 Å². The lowest BCUT2D eigenvalue weighted by Crippen LogP contribution is -2.35. The Labute approximate surface area is 112 Å². The van der Waals surface area contributed by atoms with Crippen LogP contribution in [0.15, 0.2) is 30.5 Å². The fraction of sp³-hybridized carbons (Fsp3) is 0.400. The van der Waals surface area contributed by atoms with Gasteiger partial charge in [-0.15, -0.1) is 0 Å². The lowest BCUT2D eigenvalue weighted by molar-refractivity contribution is 0.244. The number of aromatic hydroxyl groups is 1. The van der Waals surface area contributed by atoms with Gasteiger partial charge >= 0.3 is 0 Å². The molecule has 0 amide bonds. The fourth-order valence-corrected chi connectivity index (χ4v) is 2.92. The van der Waals surface area contributed by atoms with Gasteiger partial charge in [0.05, 0.1) is 12.6 Å². The maximum atomic E-state index is 9.68. The van der Waals surface area contributed by atoms with Gasteiger partial charge < -0.3 is 15.1 Å². The zero-order valence-electron chi connectivity index (χ0n) is 11.0. The summed E-state index contributed by atoms with van der Waals surface area (Å²) in [4.78, 5) is 6.63. The van der Waals surface area contributed by atoms with E-state index in [0.29, 0.717) is 5.92 Å². The molecule has 4 nitrogen and oxygen atoms in total. The number of hydrogen-bond donors (Lipinski definition) is 2. The first-order chi connectivity index (χ1) is 9.20. The molecule has 1 aromatic carbocycles. The average Bonchev–Trinajstić information content (AvgIpc) is 2.79. The average molecular weight is 258 g/mol.